The largest absolute Gasteiger partial charge is 0.243 e. The number of nitrogens with zero attached hydrogens (tertiary/aromatic N) is 3. The van der Waals surface area contributed by atoms with E-state index in [-0.39, 0.29) is 5.28 Å². The molecule has 0 saturated heterocycles. The zero-order valence-corrected chi connectivity index (χ0v) is 11.3. The van der Waals surface area contributed by atoms with Gasteiger partial charge in [0.25, 0.3) is 0 Å². The summed E-state index contributed by atoms with van der Waals surface area (Å²) < 4.78 is 1.70. The standard InChI is InChI=1S/C14H9Cl2N3/c15-11-6-4-5-10(9-11)13-17-14(16)18-19(13)12-7-2-1-3-8-12/h1-9H. The first-order valence-electron chi connectivity index (χ1n) is 5.68. The molecular formula is C14H9Cl2N3. The molecule has 0 N–H and O–H groups in total. The highest BCUT2D eigenvalue weighted by atomic mass is 35.5. The summed E-state index contributed by atoms with van der Waals surface area (Å²) in [6.07, 6.45) is 0. The smallest absolute Gasteiger partial charge is 0.212 e. The van der Waals surface area contributed by atoms with Gasteiger partial charge in [-0.1, -0.05) is 41.9 Å². The number of aromatic nitrogens is 3. The molecule has 0 spiro atoms. The summed E-state index contributed by atoms with van der Waals surface area (Å²) >= 11 is 11.9. The van der Waals surface area contributed by atoms with E-state index < -0.39 is 0 Å². The molecule has 0 unspecified atom stereocenters. The second-order valence-electron chi connectivity index (χ2n) is 3.96. The number of hydrogen-bond acceptors (Lipinski definition) is 2. The van der Waals surface area contributed by atoms with Crippen LogP contribution in [-0.2, 0) is 0 Å². The Morgan fingerprint density at radius 1 is 0.895 bits per heavy atom. The fraction of sp³-hybridized carbons (Fsp3) is 0. The Morgan fingerprint density at radius 3 is 2.42 bits per heavy atom. The third kappa shape index (κ3) is 2.48. The van der Waals surface area contributed by atoms with Gasteiger partial charge in [-0.2, -0.15) is 4.98 Å². The molecule has 0 radical (unpaired) electrons. The van der Waals surface area contributed by atoms with E-state index in [4.69, 9.17) is 23.2 Å². The van der Waals surface area contributed by atoms with Crippen LogP contribution >= 0.6 is 23.2 Å². The van der Waals surface area contributed by atoms with Gasteiger partial charge in [0.05, 0.1) is 5.69 Å². The van der Waals surface area contributed by atoms with Gasteiger partial charge in [0.15, 0.2) is 5.82 Å². The van der Waals surface area contributed by atoms with E-state index >= 15 is 0 Å². The highest BCUT2D eigenvalue weighted by Gasteiger charge is 2.12. The molecule has 5 heteroatoms. The van der Waals surface area contributed by atoms with Crippen molar-refractivity contribution in [3.8, 4) is 17.1 Å². The maximum absolute atomic E-state index is 6.01. The van der Waals surface area contributed by atoms with Crippen molar-refractivity contribution in [3.05, 3.63) is 64.9 Å². The predicted molar refractivity (Wildman–Crippen MR) is 76.8 cm³/mol. The normalized spacial score (nSPS) is 10.6. The monoisotopic (exact) mass is 289 g/mol. The van der Waals surface area contributed by atoms with E-state index in [1.54, 1.807) is 4.68 Å². The molecule has 0 amide bonds. The van der Waals surface area contributed by atoms with E-state index in [0.29, 0.717) is 10.8 Å². The van der Waals surface area contributed by atoms with Crippen LogP contribution in [0.1, 0.15) is 0 Å². The minimum atomic E-state index is 0.207. The highest BCUT2D eigenvalue weighted by molar-refractivity contribution is 6.30. The molecule has 0 bridgehead atoms. The Labute approximate surface area is 120 Å². The molecule has 0 atom stereocenters. The minimum absolute atomic E-state index is 0.207. The van der Waals surface area contributed by atoms with Crippen LogP contribution in [0.5, 0.6) is 0 Å². The minimum Gasteiger partial charge on any atom is -0.212 e. The Balaban J connectivity index is 2.18. The fourth-order valence-corrected chi connectivity index (χ4v) is 2.20. The molecule has 1 aromatic heterocycles. The van der Waals surface area contributed by atoms with E-state index in [9.17, 15) is 0 Å². The number of rotatable bonds is 2. The van der Waals surface area contributed by atoms with Crippen LogP contribution in [0.4, 0.5) is 0 Å². The number of halogens is 2. The molecule has 0 aliphatic rings. The lowest BCUT2D eigenvalue weighted by molar-refractivity contribution is 0.887. The summed E-state index contributed by atoms with van der Waals surface area (Å²) in [6, 6.07) is 17.1. The lowest BCUT2D eigenvalue weighted by atomic mass is 10.2. The van der Waals surface area contributed by atoms with Gasteiger partial charge in [-0.3, -0.25) is 0 Å². The summed E-state index contributed by atoms with van der Waals surface area (Å²) in [6.45, 7) is 0. The highest BCUT2D eigenvalue weighted by Crippen LogP contribution is 2.24. The Morgan fingerprint density at radius 2 is 1.68 bits per heavy atom. The van der Waals surface area contributed by atoms with Gasteiger partial charge >= 0.3 is 0 Å². The van der Waals surface area contributed by atoms with Crippen molar-refractivity contribution in [2.24, 2.45) is 0 Å². The number of para-hydroxylation sites is 1. The first-order chi connectivity index (χ1) is 9.24. The Hall–Kier alpha value is -1.84. The maximum Gasteiger partial charge on any atom is 0.243 e. The van der Waals surface area contributed by atoms with Crippen LogP contribution in [0.25, 0.3) is 17.1 Å². The van der Waals surface area contributed by atoms with Gasteiger partial charge in [0.2, 0.25) is 5.28 Å². The number of benzene rings is 2. The van der Waals surface area contributed by atoms with Crippen LogP contribution in [-0.4, -0.2) is 14.8 Å². The average Bonchev–Trinajstić information content (AvgIpc) is 2.82. The third-order valence-electron chi connectivity index (χ3n) is 2.66. The topological polar surface area (TPSA) is 30.7 Å². The summed E-state index contributed by atoms with van der Waals surface area (Å²) in [5, 5.41) is 5.07. The molecular weight excluding hydrogens is 281 g/mol. The van der Waals surface area contributed by atoms with Gasteiger partial charge in [-0.15, -0.1) is 5.10 Å². The van der Waals surface area contributed by atoms with E-state index in [1.807, 2.05) is 54.6 Å². The van der Waals surface area contributed by atoms with E-state index in [2.05, 4.69) is 10.1 Å². The molecule has 0 saturated carbocycles. The number of hydrogen-bond donors (Lipinski definition) is 0. The van der Waals surface area contributed by atoms with Crippen molar-refractivity contribution in [2.45, 2.75) is 0 Å². The van der Waals surface area contributed by atoms with Crippen molar-refractivity contribution in [1.82, 2.24) is 14.8 Å². The molecule has 94 valence electrons. The van der Waals surface area contributed by atoms with Gasteiger partial charge in [-0.05, 0) is 35.9 Å². The summed E-state index contributed by atoms with van der Waals surface area (Å²) in [5.41, 5.74) is 1.77. The van der Waals surface area contributed by atoms with Crippen LogP contribution in [0, 0.1) is 0 Å². The van der Waals surface area contributed by atoms with E-state index in [1.165, 1.54) is 0 Å². The molecule has 2 aromatic carbocycles. The predicted octanol–water partition coefficient (Wildman–Crippen LogP) is 4.24. The quantitative estimate of drug-likeness (QED) is 0.706. The van der Waals surface area contributed by atoms with Gasteiger partial charge in [-0.25, -0.2) is 4.68 Å². The molecule has 3 rings (SSSR count). The fourth-order valence-electron chi connectivity index (χ4n) is 1.85. The molecule has 19 heavy (non-hydrogen) atoms. The van der Waals surface area contributed by atoms with Crippen LogP contribution in [0.2, 0.25) is 10.3 Å². The van der Waals surface area contributed by atoms with Crippen molar-refractivity contribution >= 4 is 23.2 Å². The maximum atomic E-state index is 6.01. The van der Waals surface area contributed by atoms with Gasteiger partial charge < -0.3 is 0 Å². The van der Waals surface area contributed by atoms with Crippen LogP contribution < -0.4 is 0 Å². The zero-order valence-electron chi connectivity index (χ0n) is 9.79. The summed E-state index contributed by atoms with van der Waals surface area (Å²) in [7, 11) is 0. The summed E-state index contributed by atoms with van der Waals surface area (Å²) in [5.74, 6) is 0.665. The zero-order chi connectivity index (χ0) is 13.2. The second-order valence-corrected chi connectivity index (χ2v) is 4.74. The van der Waals surface area contributed by atoms with Crippen molar-refractivity contribution < 1.29 is 0 Å². The van der Waals surface area contributed by atoms with Crippen LogP contribution in [0.3, 0.4) is 0 Å². The molecule has 0 fully saturated rings. The third-order valence-corrected chi connectivity index (χ3v) is 3.06. The Kier molecular flexibility index (Phi) is 3.23. The van der Waals surface area contributed by atoms with Gasteiger partial charge in [0, 0.05) is 10.6 Å². The van der Waals surface area contributed by atoms with Gasteiger partial charge in [0.1, 0.15) is 0 Å². The SMILES string of the molecule is Clc1cccc(-c2nc(Cl)nn2-c2ccccc2)c1. The second kappa shape index (κ2) is 5.03. The van der Waals surface area contributed by atoms with Crippen molar-refractivity contribution in [2.75, 3.05) is 0 Å². The summed E-state index contributed by atoms with van der Waals surface area (Å²) in [4.78, 5) is 4.26. The first-order valence-corrected chi connectivity index (χ1v) is 6.43. The average molecular weight is 290 g/mol. The molecule has 3 aromatic rings. The van der Waals surface area contributed by atoms with Crippen molar-refractivity contribution in [3.63, 3.8) is 0 Å². The lowest BCUT2D eigenvalue weighted by Crippen LogP contribution is -1.99. The van der Waals surface area contributed by atoms with Crippen LogP contribution in [0.15, 0.2) is 54.6 Å². The Bertz CT molecular complexity index is 708. The van der Waals surface area contributed by atoms with E-state index in [0.717, 1.165) is 11.3 Å². The molecule has 0 aliphatic carbocycles. The molecule has 1 heterocycles. The van der Waals surface area contributed by atoms with Crippen molar-refractivity contribution in [1.29, 1.82) is 0 Å². The molecule has 0 aliphatic heterocycles. The first kappa shape index (κ1) is 12.2. The molecule has 3 nitrogen and oxygen atoms in total. The lowest BCUT2D eigenvalue weighted by Gasteiger charge is -2.05.